The van der Waals surface area contributed by atoms with Crippen molar-refractivity contribution in [1.82, 2.24) is 10.3 Å². The molecule has 1 aromatic rings. The second kappa shape index (κ2) is 7.10. The Bertz CT molecular complexity index is 399. The van der Waals surface area contributed by atoms with Gasteiger partial charge >= 0.3 is 0 Å². The number of pyridine rings is 1. The van der Waals surface area contributed by atoms with Crippen LogP contribution in [-0.2, 0) is 6.54 Å². The molecule has 0 aliphatic rings. The number of aliphatic hydroxyl groups is 1. The van der Waals surface area contributed by atoms with Gasteiger partial charge in [0.15, 0.2) is 0 Å². The van der Waals surface area contributed by atoms with E-state index >= 15 is 0 Å². The Morgan fingerprint density at radius 1 is 1.44 bits per heavy atom. The molecule has 0 fully saturated rings. The zero-order valence-electron chi connectivity index (χ0n) is 11.1. The van der Waals surface area contributed by atoms with Gasteiger partial charge in [0, 0.05) is 31.3 Å². The van der Waals surface area contributed by atoms with Crippen molar-refractivity contribution in [2.24, 2.45) is 5.41 Å². The van der Waals surface area contributed by atoms with Crippen molar-refractivity contribution in [1.29, 1.82) is 5.26 Å². The van der Waals surface area contributed by atoms with E-state index in [2.05, 4.69) is 24.1 Å². The highest BCUT2D eigenvalue weighted by Gasteiger charge is 2.24. The fourth-order valence-corrected chi connectivity index (χ4v) is 1.90. The second-order valence-corrected chi connectivity index (χ2v) is 4.63. The van der Waals surface area contributed by atoms with Crippen LogP contribution in [0.3, 0.4) is 0 Å². The Balaban J connectivity index is 2.53. The molecule has 0 saturated heterocycles. The molecule has 0 aliphatic heterocycles. The van der Waals surface area contributed by atoms with Crippen molar-refractivity contribution in [2.75, 3.05) is 13.2 Å². The Morgan fingerprint density at radius 2 is 2.17 bits per heavy atom. The monoisotopic (exact) mass is 247 g/mol. The lowest BCUT2D eigenvalue weighted by Crippen LogP contribution is -2.36. The molecule has 0 saturated carbocycles. The standard InChI is InChI=1S/C14H21N3O/c1-3-14(4-2,11-18)10-16-9-12-5-6-17-13(7-12)8-15/h5-7,16,18H,3-4,9-11H2,1-2H3. The van der Waals surface area contributed by atoms with E-state index in [-0.39, 0.29) is 12.0 Å². The maximum Gasteiger partial charge on any atom is 0.140 e. The molecule has 98 valence electrons. The first-order valence-electron chi connectivity index (χ1n) is 6.36. The SMILES string of the molecule is CCC(CC)(CO)CNCc1ccnc(C#N)c1. The van der Waals surface area contributed by atoms with E-state index in [4.69, 9.17) is 5.26 Å². The topological polar surface area (TPSA) is 68.9 Å². The van der Waals surface area contributed by atoms with Crippen LogP contribution in [0, 0.1) is 16.7 Å². The number of nitrogens with zero attached hydrogens (tertiary/aromatic N) is 2. The predicted octanol–water partition coefficient (Wildman–Crippen LogP) is 1.84. The average Bonchev–Trinajstić information content (AvgIpc) is 2.44. The van der Waals surface area contributed by atoms with Gasteiger partial charge in [0.1, 0.15) is 11.8 Å². The van der Waals surface area contributed by atoms with E-state index in [0.717, 1.165) is 24.9 Å². The summed E-state index contributed by atoms with van der Waals surface area (Å²) in [4.78, 5) is 3.93. The van der Waals surface area contributed by atoms with Gasteiger partial charge in [-0.15, -0.1) is 0 Å². The van der Waals surface area contributed by atoms with Crippen LogP contribution in [0.5, 0.6) is 0 Å². The summed E-state index contributed by atoms with van der Waals surface area (Å²) in [6.07, 6.45) is 3.55. The minimum Gasteiger partial charge on any atom is -0.396 e. The Labute approximate surface area is 109 Å². The van der Waals surface area contributed by atoms with E-state index < -0.39 is 0 Å². The largest absolute Gasteiger partial charge is 0.396 e. The highest BCUT2D eigenvalue weighted by molar-refractivity contribution is 5.25. The van der Waals surface area contributed by atoms with Crippen LogP contribution < -0.4 is 5.32 Å². The highest BCUT2D eigenvalue weighted by Crippen LogP contribution is 2.24. The molecule has 1 aromatic heterocycles. The minimum atomic E-state index is -0.0366. The molecule has 4 heteroatoms. The van der Waals surface area contributed by atoms with E-state index in [1.807, 2.05) is 12.1 Å². The number of hydrogen-bond donors (Lipinski definition) is 2. The van der Waals surface area contributed by atoms with Crippen molar-refractivity contribution in [3.8, 4) is 6.07 Å². The number of aromatic nitrogens is 1. The number of rotatable bonds is 7. The molecule has 0 unspecified atom stereocenters. The third-order valence-electron chi connectivity index (χ3n) is 3.60. The molecular weight excluding hydrogens is 226 g/mol. The molecule has 0 aromatic carbocycles. The number of nitrogens with one attached hydrogen (secondary N) is 1. The number of aliphatic hydroxyl groups excluding tert-OH is 1. The lowest BCUT2D eigenvalue weighted by atomic mass is 9.83. The summed E-state index contributed by atoms with van der Waals surface area (Å²) in [6, 6.07) is 5.71. The molecule has 0 amide bonds. The zero-order chi connectivity index (χ0) is 13.4. The Kier molecular flexibility index (Phi) is 5.76. The molecule has 4 nitrogen and oxygen atoms in total. The number of hydrogen-bond acceptors (Lipinski definition) is 4. The summed E-state index contributed by atoms with van der Waals surface area (Å²) in [5, 5.41) is 21.6. The van der Waals surface area contributed by atoms with Crippen molar-refractivity contribution in [3.05, 3.63) is 29.6 Å². The fraction of sp³-hybridized carbons (Fsp3) is 0.571. The molecule has 0 atom stereocenters. The first kappa shape index (κ1) is 14.6. The molecule has 2 N–H and O–H groups in total. The van der Waals surface area contributed by atoms with Crippen LogP contribution >= 0.6 is 0 Å². The van der Waals surface area contributed by atoms with Crippen LogP contribution in [0.4, 0.5) is 0 Å². The van der Waals surface area contributed by atoms with Gasteiger partial charge in [-0.2, -0.15) is 5.26 Å². The third kappa shape index (κ3) is 3.80. The van der Waals surface area contributed by atoms with Gasteiger partial charge in [-0.3, -0.25) is 0 Å². The van der Waals surface area contributed by atoms with Crippen molar-refractivity contribution < 1.29 is 5.11 Å². The molecule has 18 heavy (non-hydrogen) atoms. The summed E-state index contributed by atoms with van der Waals surface area (Å²) in [7, 11) is 0. The molecule has 0 bridgehead atoms. The van der Waals surface area contributed by atoms with E-state index in [1.54, 1.807) is 12.3 Å². The summed E-state index contributed by atoms with van der Waals surface area (Å²) in [6.45, 7) is 5.87. The van der Waals surface area contributed by atoms with Crippen LogP contribution in [0.1, 0.15) is 37.9 Å². The van der Waals surface area contributed by atoms with Gasteiger partial charge in [-0.25, -0.2) is 4.98 Å². The fourth-order valence-electron chi connectivity index (χ4n) is 1.90. The van der Waals surface area contributed by atoms with Gasteiger partial charge in [0.25, 0.3) is 0 Å². The summed E-state index contributed by atoms with van der Waals surface area (Å²) < 4.78 is 0. The lowest BCUT2D eigenvalue weighted by Gasteiger charge is -2.29. The Hall–Kier alpha value is -1.44. The van der Waals surface area contributed by atoms with Gasteiger partial charge < -0.3 is 10.4 Å². The molecule has 1 rings (SSSR count). The average molecular weight is 247 g/mol. The van der Waals surface area contributed by atoms with Gasteiger partial charge in [0.05, 0.1) is 0 Å². The normalized spacial score (nSPS) is 11.2. The third-order valence-corrected chi connectivity index (χ3v) is 3.60. The van der Waals surface area contributed by atoms with E-state index in [0.29, 0.717) is 12.2 Å². The number of nitriles is 1. The summed E-state index contributed by atoms with van der Waals surface area (Å²) >= 11 is 0. The highest BCUT2D eigenvalue weighted by atomic mass is 16.3. The first-order valence-corrected chi connectivity index (χ1v) is 6.36. The van der Waals surface area contributed by atoms with Crippen molar-refractivity contribution >= 4 is 0 Å². The molecular formula is C14H21N3O. The minimum absolute atomic E-state index is 0.0366. The Morgan fingerprint density at radius 3 is 2.72 bits per heavy atom. The lowest BCUT2D eigenvalue weighted by molar-refractivity contribution is 0.113. The van der Waals surface area contributed by atoms with Crippen LogP contribution in [0.2, 0.25) is 0 Å². The van der Waals surface area contributed by atoms with E-state index in [1.165, 1.54) is 0 Å². The molecule has 1 heterocycles. The van der Waals surface area contributed by atoms with Crippen molar-refractivity contribution in [2.45, 2.75) is 33.2 Å². The van der Waals surface area contributed by atoms with Crippen LogP contribution in [0.25, 0.3) is 0 Å². The predicted molar refractivity (Wildman–Crippen MR) is 70.8 cm³/mol. The van der Waals surface area contributed by atoms with Gasteiger partial charge in [-0.1, -0.05) is 13.8 Å². The van der Waals surface area contributed by atoms with Gasteiger partial charge in [-0.05, 0) is 30.5 Å². The van der Waals surface area contributed by atoms with Crippen LogP contribution in [-0.4, -0.2) is 23.2 Å². The summed E-state index contributed by atoms with van der Waals surface area (Å²) in [5.41, 5.74) is 1.44. The molecule has 0 aliphatic carbocycles. The first-order chi connectivity index (χ1) is 8.69. The smallest absolute Gasteiger partial charge is 0.140 e. The summed E-state index contributed by atoms with van der Waals surface area (Å²) in [5.74, 6) is 0. The molecule has 0 spiro atoms. The van der Waals surface area contributed by atoms with Crippen molar-refractivity contribution in [3.63, 3.8) is 0 Å². The van der Waals surface area contributed by atoms with Crippen LogP contribution in [0.15, 0.2) is 18.3 Å². The maximum atomic E-state index is 9.46. The molecule has 0 radical (unpaired) electrons. The van der Waals surface area contributed by atoms with Gasteiger partial charge in [0.2, 0.25) is 0 Å². The zero-order valence-corrected chi connectivity index (χ0v) is 11.1. The maximum absolute atomic E-state index is 9.46. The second-order valence-electron chi connectivity index (χ2n) is 4.63. The quantitative estimate of drug-likeness (QED) is 0.771. The van der Waals surface area contributed by atoms with E-state index in [9.17, 15) is 5.11 Å².